The molecule has 7 nitrogen and oxygen atoms in total. The molecular formula is C13H17NO6. The number of carbonyl (C=O) groups is 2. The van der Waals surface area contributed by atoms with Gasteiger partial charge in [-0.15, -0.1) is 0 Å². The molecule has 0 aliphatic heterocycles. The number of aromatic carboxylic acids is 1. The largest absolute Gasteiger partial charge is 0.493 e. The fourth-order valence-electron chi connectivity index (χ4n) is 1.55. The number of hydrogen-bond donors (Lipinski definition) is 2. The first kappa shape index (κ1) is 15.6. The van der Waals surface area contributed by atoms with Crippen LogP contribution in [-0.2, 0) is 4.74 Å². The second kappa shape index (κ2) is 7.22. The standard InChI is InChI=1S/C13H17NO6/c1-4-19-11-6-8(12(15)16)9(7-10(11)18-3)14-13(17)20-5-2/h6-7H,4-5H2,1-3H3,(H,14,17)(H,15,16). The Morgan fingerprint density at radius 2 is 1.90 bits per heavy atom. The van der Waals surface area contributed by atoms with Crippen LogP contribution >= 0.6 is 0 Å². The molecule has 1 amide bonds. The smallest absolute Gasteiger partial charge is 0.411 e. The van der Waals surface area contributed by atoms with Gasteiger partial charge in [0.15, 0.2) is 11.5 Å². The summed E-state index contributed by atoms with van der Waals surface area (Å²) in [4.78, 5) is 22.6. The molecule has 0 spiro atoms. The first-order valence-corrected chi connectivity index (χ1v) is 6.05. The Kier molecular flexibility index (Phi) is 5.64. The molecule has 0 bridgehead atoms. The fourth-order valence-corrected chi connectivity index (χ4v) is 1.55. The van der Waals surface area contributed by atoms with E-state index in [1.807, 2.05) is 0 Å². The van der Waals surface area contributed by atoms with Gasteiger partial charge in [-0.05, 0) is 13.8 Å². The lowest BCUT2D eigenvalue weighted by Gasteiger charge is -2.14. The molecule has 0 fully saturated rings. The van der Waals surface area contributed by atoms with Crippen LogP contribution in [0.15, 0.2) is 12.1 Å². The van der Waals surface area contributed by atoms with Crippen LogP contribution in [0.1, 0.15) is 24.2 Å². The highest BCUT2D eigenvalue weighted by Crippen LogP contribution is 2.33. The van der Waals surface area contributed by atoms with Crippen molar-refractivity contribution in [2.24, 2.45) is 0 Å². The molecule has 0 atom stereocenters. The third kappa shape index (κ3) is 3.78. The number of carboxylic acid groups (broad SMARTS) is 1. The molecule has 0 saturated heterocycles. The molecule has 0 aliphatic carbocycles. The van der Waals surface area contributed by atoms with E-state index in [-0.39, 0.29) is 17.9 Å². The normalized spacial score (nSPS) is 9.75. The fraction of sp³-hybridized carbons (Fsp3) is 0.385. The summed E-state index contributed by atoms with van der Waals surface area (Å²) < 4.78 is 15.1. The Labute approximate surface area is 116 Å². The molecule has 0 heterocycles. The second-order valence-electron chi connectivity index (χ2n) is 3.63. The molecule has 20 heavy (non-hydrogen) atoms. The number of rotatable bonds is 6. The van der Waals surface area contributed by atoms with Gasteiger partial charge >= 0.3 is 12.1 Å². The van der Waals surface area contributed by atoms with E-state index in [4.69, 9.17) is 14.2 Å². The highest BCUT2D eigenvalue weighted by Gasteiger charge is 2.18. The molecular weight excluding hydrogens is 266 g/mol. The van der Waals surface area contributed by atoms with Crippen molar-refractivity contribution >= 4 is 17.7 Å². The van der Waals surface area contributed by atoms with Crippen LogP contribution < -0.4 is 14.8 Å². The van der Waals surface area contributed by atoms with E-state index in [0.717, 1.165) is 0 Å². The van der Waals surface area contributed by atoms with Crippen molar-refractivity contribution < 1.29 is 28.9 Å². The molecule has 1 rings (SSSR count). The maximum absolute atomic E-state index is 11.4. The Morgan fingerprint density at radius 1 is 1.20 bits per heavy atom. The number of amides is 1. The zero-order valence-corrected chi connectivity index (χ0v) is 11.6. The number of hydrogen-bond acceptors (Lipinski definition) is 5. The van der Waals surface area contributed by atoms with Crippen LogP contribution in [-0.4, -0.2) is 37.5 Å². The van der Waals surface area contributed by atoms with Gasteiger partial charge in [0.25, 0.3) is 0 Å². The lowest BCUT2D eigenvalue weighted by molar-refractivity contribution is 0.0697. The van der Waals surface area contributed by atoms with E-state index in [9.17, 15) is 14.7 Å². The van der Waals surface area contributed by atoms with Crippen LogP contribution in [0.3, 0.4) is 0 Å². The molecule has 1 aromatic rings. The number of anilines is 1. The van der Waals surface area contributed by atoms with Gasteiger partial charge in [-0.3, -0.25) is 5.32 Å². The minimum Gasteiger partial charge on any atom is -0.493 e. The average Bonchev–Trinajstić information content (AvgIpc) is 2.40. The minimum absolute atomic E-state index is 0.0799. The summed E-state index contributed by atoms with van der Waals surface area (Å²) in [6, 6.07) is 2.68. The van der Waals surface area contributed by atoms with Crippen molar-refractivity contribution in [2.45, 2.75) is 13.8 Å². The van der Waals surface area contributed by atoms with Gasteiger partial charge in [0.1, 0.15) is 0 Å². The topological polar surface area (TPSA) is 94.1 Å². The highest BCUT2D eigenvalue weighted by molar-refractivity contribution is 5.99. The van der Waals surface area contributed by atoms with E-state index in [1.54, 1.807) is 13.8 Å². The maximum Gasteiger partial charge on any atom is 0.411 e. The van der Waals surface area contributed by atoms with E-state index in [1.165, 1.54) is 19.2 Å². The lowest BCUT2D eigenvalue weighted by atomic mass is 10.1. The predicted octanol–water partition coefficient (Wildman–Crippen LogP) is 2.36. The zero-order valence-electron chi connectivity index (χ0n) is 11.6. The van der Waals surface area contributed by atoms with Crippen molar-refractivity contribution in [1.29, 1.82) is 0 Å². The third-order valence-corrected chi connectivity index (χ3v) is 2.35. The average molecular weight is 283 g/mol. The molecule has 0 unspecified atom stereocenters. The highest BCUT2D eigenvalue weighted by atomic mass is 16.5. The Hall–Kier alpha value is -2.44. The van der Waals surface area contributed by atoms with Crippen LogP contribution in [0, 0.1) is 0 Å². The Bertz CT molecular complexity index is 500. The molecule has 0 aliphatic rings. The molecule has 1 aromatic carbocycles. The van der Waals surface area contributed by atoms with E-state index < -0.39 is 12.1 Å². The Balaban J connectivity index is 3.20. The number of ether oxygens (including phenoxy) is 3. The number of benzene rings is 1. The van der Waals surface area contributed by atoms with Crippen molar-refractivity contribution in [3.8, 4) is 11.5 Å². The second-order valence-corrected chi connectivity index (χ2v) is 3.63. The van der Waals surface area contributed by atoms with Gasteiger partial charge < -0.3 is 19.3 Å². The van der Waals surface area contributed by atoms with E-state index in [0.29, 0.717) is 18.1 Å². The SMILES string of the molecule is CCOC(=O)Nc1cc(OC)c(OCC)cc1C(=O)O. The third-order valence-electron chi connectivity index (χ3n) is 2.35. The Morgan fingerprint density at radius 3 is 2.40 bits per heavy atom. The van der Waals surface area contributed by atoms with Crippen LogP contribution in [0.4, 0.5) is 10.5 Å². The van der Waals surface area contributed by atoms with Crippen molar-refractivity contribution in [3.05, 3.63) is 17.7 Å². The maximum atomic E-state index is 11.4. The lowest BCUT2D eigenvalue weighted by Crippen LogP contribution is -2.16. The molecule has 0 aromatic heterocycles. The summed E-state index contributed by atoms with van der Waals surface area (Å²) in [5, 5.41) is 11.5. The van der Waals surface area contributed by atoms with Gasteiger partial charge in [0.2, 0.25) is 0 Å². The van der Waals surface area contributed by atoms with Crippen molar-refractivity contribution in [1.82, 2.24) is 0 Å². The molecule has 7 heteroatoms. The molecule has 0 radical (unpaired) electrons. The summed E-state index contributed by atoms with van der Waals surface area (Å²) in [7, 11) is 1.42. The van der Waals surface area contributed by atoms with E-state index in [2.05, 4.69) is 5.32 Å². The minimum atomic E-state index is -1.19. The molecule has 0 saturated carbocycles. The summed E-state index contributed by atoms with van der Waals surface area (Å²) in [5.74, 6) is -0.578. The number of nitrogens with one attached hydrogen (secondary N) is 1. The van der Waals surface area contributed by atoms with Gasteiger partial charge in [0.05, 0.1) is 31.6 Å². The first-order valence-electron chi connectivity index (χ1n) is 6.05. The number of carboxylic acids is 1. The molecule has 110 valence electrons. The predicted molar refractivity (Wildman–Crippen MR) is 71.8 cm³/mol. The van der Waals surface area contributed by atoms with Gasteiger partial charge in [-0.2, -0.15) is 0 Å². The quantitative estimate of drug-likeness (QED) is 0.832. The molecule has 2 N–H and O–H groups in total. The zero-order chi connectivity index (χ0) is 15.1. The van der Waals surface area contributed by atoms with Crippen LogP contribution in [0.25, 0.3) is 0 Å². The van der Waals surface area contributed by atoms with Gasteiger partial charge in [-0.25, -0.2) is 9.59 Å². The van der Waals surface area contributed by atoms with Gasteiger partial charge in [-0.1, -0.05) is 0 Å². The van der Waals surface area contributed by atoms with Gasteiger partial charge in [0, 0.05) is 12.1 Å². The monoisotopic (exact) mass is 283 g/mol. The summed E-state index contributed by atoms with van der Waals surface area (Å²) in [5.41, 5.74) is -0.0291. The van der Waals surface area contributed by atoms with Crippen LogP contribution in [0.2, 0.25) is 0 Å². The first-order chi connectivity index (χ1) is 9.53. The summed E-state index contributed by atoms with van der Waals surface area (Å²) in [6.45, 7) is 3.96. The number of methoxy groups -OCH3 is 1. The van der Waals surface area contributed by atoms with Crippen LogP contribution in [0.5, 0.6) is 11.5 Å². The van der Waals surface area contributed by atoms with Crippen molar-refractivity contribution in [2.75, 3.05) is 25.6 Å². The van der Waals surface area contributed by atoms with E-state index >= 15 is 0 Å². The number of carbonyl (C=O) groups excluding carboxylic acids is 1. The van der Waals surface area contributed by atoms with Crippen molar-refractivity contribution in [3.63, 3.8) is 0 Å². The summed E-state index contributed by atoms with van der Waals surface area (Å²) in [6.07, 6.45) is -0.735. The summed E-state index contributed by atoms with van der Waals surface area (Å²) >= 11 is 0.